The van der Waals surface area contributed by atoms with Crippen LogP contribution in [0.4, 0.5) is 0 Å². The molecule has 0 aromatic heterocycles. The van der Waals surface area contributed by atoms with Gasteiger partial charge in [-0.15, -0.1) is 0 Å². The van der Waals surface area contributed by atoms with Gasteiger partial charge in [-0.2, -0.15) is 0 Å². The second-order valence-electron chi connectivity index (χ2n) is 6.78. The lowest BCUT2D eigenvalue weighted by molar-refractivity contribution is 0.190. The Morgan fingerprint density at radius 2 is 0.909 bits per heavy atom. The zero-order valence-corrected chi connectivity index (χ0v) is 15.7. The van der Waals surface area contributed by atoms with Crippen molar-refractivity contribution in [3.05, 3.63) is 6.61 Å². The lowest BCUT2D eigenvalue weighted by atomic mass is 10.0. The van der Waals surface area contributed by atoms with Crippen molar-refractivity contribution in [3.8, 4) is 0 Å². The maximum absolute atomic E-state index is 5.38. The number of hydrogen-bond donors (Lipinski definition) is 0. The first-order valence-electron chi connectivity index (χ1n) is 10.3. The summed E-state index contributed by atoms with van der Waals surface area (Å²) in [6.45, 7) is 7.34. The number of unbranched alkanes of at least 4 members (excludes halogenated alkanes) is 15. The Bertz CT molecular complexity index is 159. The van der Waals surface area contributed by atoms with Crippen molar-refractivity contribution in [3.63, 3.8) is 0 Å². The van der Waals surface area contributed by atoms with Crippen LogP contribution >= 0.6 is 0 Å². The van der Waals surface area contributed by atoms with E-state index in [0.717, 1.165) is 19.4 Å². The van der Waals surface area contributed by atoms with Crippen molar-refractivity contribution in [1.82, 2.24) is 0 Å². The Kier molecular flexibility index (Phi) is 20.9. The van der Waals surface area contributed by atoms with Crippen molar-refractivity contribution >= 4 is 0 Å². The zero-order valence-electron chi connectivity index (χ0n) is 15.7. The van der Waals surface area contributed by atoms with Gasteiger partial charge in [-0.1, -0.05) is 110 Å². The molecule has 0 aromatic rings. The molecular weight excluding hydrogens is 268 g/mol. The Hall–Kier alpha value is -0.0400. The molecule has 0 spiro atoms. The fraction of sp³-hybridized carbons (Fsp3) is 0.952. The average molecular weight is 312 g/mol. The minimum absolute atomic E-state index is 0.888. The van der Waals surface area contributed by atoms with Crippen molar-refractivity contribution in [1.29, 1.82) is 0 Å². The molecule has 1 radical (unpaired) electrons. The normalized spacial score (nSPS) is 11.2. The highest BCUT2D eigenvalue weighted by molar-refractivity contribution is 4.53. The highest BCUT2D eigenvalue weighted by Crippen LogP contribution is 2.13. The summed E-state index contributed by atoms with van der Waals surface area (Å²) in [6.07, 6.45) is 23.8. The summed E-state index contributed by atoms with van der Waals surface area (Å²) in [6, 6.07) is 0. The van der Waals surface area contributed by atoms with Gasteiger partial charge < -0.3 is 4.74 Å². The SMILES string of the molecule is CCCCCCCCCCCCCCCCC[CH]OCCC. The van der Waals surface area contributed by atoms with Crippen LogP contribution in [0.15, 0.2) is 0 Å². The van der Waals surface area contributed by atoms with Crippen molar-refractivity contribution in [2.75, 3.05) is 6.61 Å². The molecule has 0 aliphatic carbocycles. The molecule has 1 nitrogen and oxygen atoms in total. The maximum atomic E-state index is 5.38. The van der Waals surface area contributed by atoms with E-state index in [9.17, 15) is 0 Å². The van der Waals surface area contributed by atoms with Crippen LogP contribution in [0.1, 0.15) is 123 Å². The monoisotopic (exact) mass is 311 g/mol. The van der Waals surface area contributed by atoms with Crippen LogP contribution in [-0.4, -0.2) is 6.61 Å². The molecule has 133 valence electrons. The van der Waals surface area contributed by atoms with Gasteiger partial charge in [0.05, 0.1) is 6.61 Å². The molecule has 0 saturated carbocycles. The van der Waals surface area contributed by atoms with E-state index in [2.05, 4.69) is 13.8 Å². The third-order valence-electron chi connectivity index (χ3n) is 4.37. The standard InChI is InChI=1S/C21H43O/c1-3-5-6-7-8-9-10-11-12-13-14-15-16-17-18-19-21-22-20-4-2/h21H,3-20H2,1-2H3. The van der Waals surface area contributed by atoms with Gasteiger partial charge in [-0.3, -0.25) is 0 Å². The Morgan fingerprint density at radius 3 is 1.32 bits per heavy atom. The fourth-order valence-electron chi connectivity index (χ4n) is 2.88. The van der Waals surface area contributed by atoms with E-state index in [4.69, 9.17) is 4.74 Å². The fourth-order valence-corrected chi connectivity index (χ4v) is 2.88. The summed E-state index contributed by atoms with van der Waals surface area (Å²) in [7, 11) is 0. The lowest BCUT2D eigenvalue weighted by Gasteiger charge is -2.04. The predicted octanol–water partition coefficient (Wildman–Crippen LogP) is 7.84. The van der Waals surface area contributed by atoms with E-state index in [1.165, 1.54) is 96.3 Å². The number of hydrogen-bond acceptors (Lipinski definition) is 1. The average Bonchev–Trinajstić information content (AvgIpc) is 2.54. The van der Waals surface area contributed by atoms with Crippen LogP contribution < -0.4 is 0 Å². The highest BCUT2D eigenvalue weighted by Gasteiger charge is 1.95. The zero-order chi connectivity index (χ0) is 16.1. The molecule has 0 atom stereocenters. The quantitative estimate of drug-likeness (QED) is 0.221. The third-order valence-corrected chi connectivity index (χ3v) is 4.37. The molecule has 22 heavy (non-hydrogen) atoms. The topological polar surface area (TPSA) is 9.23 Å². The highest BCUT2D eigenvalue weighted by atomic mass is 16.5. The molecular formula is C21H43O. The van der Waals surface area contributed by atoms with Gasteiger partial charge in [-0.05, 0) is 12.8 Å². The van der Waals surface area contributed by atoms with E-state index in [-0.39, 0.29) is 0 Å². The smallest absolute Gasteiger partial charge is 0.0836 e. The Balaban J connectivity index is 2.91. The van der Waals surface area contributed by atoms with Gasteiger partial charge in [0.2, 0.25) is 0 Å². The summed E-state index contributed by atoms with van der Waals surface area (Å²) >= 11 is 0. The van der Waals surface area contributed by atoms with E-state index < -0.39 is 0 Å². The molecule has 0 amide bonds. The van der Waals surface area contributed by atoms with E-state index in [1.54, 1.807) is 0 Å². The number of rotatable bonds is 19. The summed E-state index contributed by atoms with van der Waals surface area (Å²) in [5.74, 6) is 0. The first-order valence-corrected chi connectivity index (χ1v) is 10.3. The van der Waals surface area contributed by atoms with Crippen molar-refractivity contribution in [2.45, 2.75) is 123 Å². The van der Waals surface area contributed by atoms with Crippen LogP contribution in [0.2, 0.25) is 0 Å². The second kappa shape index (κ2) is 21.0. The minimum Gasteiger partial charge on any atom is -0.376 e. The predicted molar refractivity (Wildman–Crippen MR) is 100 cm³/mol. The first-order chi connectivity index (χ1) is 10.9. The van der Waals surface area contributed by atoms with Crippen LogP contribution in [0.5, 0.6) is 0 Å². The molecule has 0 unspecified atom stereocenters. The van der Waals surface area contributed by atoms with Gasteiger partial charge in [0.25, 0.3) is 0 Å². The minimum atomic E-state index is 0.888. The van der Waals surface area contributed by atoms with Crippen LogP contribution in [0.25, 0.3) is 0 Å². The Labute approximate surface area is 141 Å². The van der Waals surface area contributed by atoms with Crippen molar-refractivity contribution in [2.24, 2.45) is 0 Å². The third kappa shape index (κ3) is 20.0. The molecule has 0 N–H and O–H groups in total. The second-order valence-corrected chi connectivity index (χ2v) is 6.78. The van der Waals surface area contributed by atoms with Gasteiger partial charge in [-0.25, -0.2) is 0 Å². The van der Waals surface area contributed by atoms with Crippen LogP contribution in [0, 0.1) is 6.61 Å². The largest absolute Gasteiger partial charge is 0.376 e. The van der Waals surface area contributed by atoms with Crippen LogP contribution in [0.3, 0.4) is 0 Å². The summed E-state index contributed by atoms with van der Waals surface area (Å²) in [4.78, 5) is 0. The van der Waals surface area contributed by atoms with Crippen LogP contribution in [-0.2, 0) is 4.74 Å². The molecule has 0 heterocycles. The van der Waals surface area contributed by atoms with Gasteiger partial charge >= 0.3 is 0 Å². The molecule has 0 rings (SSSR count). The molecule has 0 saturated heterocycles. The number of ether oxygens (including phenoxy) is 1. The molecule has 0 aromatic carbocycles. The van der Waals surface area contributed by atoms with E-state index in [1.807, 2.05) is 6.61 Å². The van der Waals surface area contributed by atoms with Gasteiger partial charge in [0.1, 0.15) is 0 Å². The molecule has 0 fully saturated rings. The summed E-state index contributed by atoms with van der Waals surface area (Å²) in [5.41, 5.74) is 0. The van der Waals surface area contributed by atoms with Gasteiger partial charge in [0.15, 0.2) is 0 Å². The summed E-state index contributed by atoms with van der Waals surface area (Å²) < 4.78 is 5.38. The van der Waals surface area contributed by atoms with E-state index >= 15 is 0 Å². The molecule has 1 heteroatoms. The molecule has 0 aliphatic heterocycles. The van der Waals surface area contributed by atoms with Gasteiger partial charge in [0, 0.05) is 6.61 Å². The molecule has 0 bridgehead atoms. The van der Waals surface area contributed by atoms with E-state index in [0.29, 0.717) is 0 Å². The Morgan fingerprint density at radius 1 is 0.500 bits per heavy atom. The lowest BCUT2D eigenvalue weighted by Crippen LogP contribution is -1.89. The van der Waals surface area contributed by atoms with Crippen molar-refractivity contribution < 1.29 is 4.74 Å². The molecule has 0 aliphatic rings. The first kappa shape index (κ1) is 22.0. The maximum Gasteiger partial charge on any atom is 0.0836 e. The summed E-state index contributed by atoms with van der Waals surface area (Å²) in [5, 5.41) is 0.